The molecule has 1 aromatic rings. The van der Waals surface area contributed by atoms with Gasteiger partial charge in [0, 0.05) is 38.7 Å². The third kappa shape index (κ3) is 2.72. The van der Waals surface area contributed by atoms with Crippen molar-refractivity contribution in [3.05, 3.63) is 12.4 Å². The van der Waals surface area contributed by atoms with Crippen molar-refractivity contribution < 1.29 is 4.74 Å². The molecule has 1 saturated heterocycles. The lowest BCUT2D eigenvalue weighted by molar-refractivity contribution is 0.0699. The van der Waals surface area contributed by atoms with E-state index >= 15 is 0 Å². The van der Waals surface area contributed by atoms with Crippen LogP contribution in [0, 0.1) is 5.92 Å². The monoisotopic (exact) mass is 209 g/mol. The third-order valence-corrected chi connectivity index (χ3v) is 2.95. The van der Waals surface area contributed by atoms with E-state index in [1.54, 1.807) is 0 Å². The van der Waals surface area contributed by atoms with Crippen LogP contribution < -0.4 is 5.32 Å². The van der Waals surface area contributed by atoms with Gasteiger partial charge in [-0.15, -0.1) is 0 Å². The second-order valence-corrected chi connectivity index (χ2v) is 3.97. The van der Waals surface area contributed by atoms with Crippen LogP contribution in [0.1, 0.15) is 19.8 Å². The standard InChI is InChI=1S/C11H19N3O/c1-2-14-6-5-12-11(14)13-9-10-3-7-15-8-4-10/h5-6,10H,2-4,7-9H2,1H3,(H,12,13). The van der Waals surface area contributed by atoms with Crippen molar-refractivity contribution in [2.75, 3.05) is 25.1 Å². The Hall–Kier alpha value is -1.03. The summed E-state index contributed by atoms with van der Waals surface area (Å²) in [5, 5.41) is 3.41. The summed E-state index contributed by atoms with van der Waals surface area (Å²) in [6.45, 7) is 5.93. The van der Waals surface area contributed by atoms with Crippen LogP contribution in [0.15, 0.2) is 12.4 Å². The number of nitrogens with one attached hydrogen (secondary N) is 1. The summed E-state index contributed by atoms with van der Waals surface area (Å²) in [5.74, 6) is 1.73. The molecule has 1 aromatic heterocycles. The molecule has 4 nitrogen and oxygen atoms in total. The van der Waals surface area contributed by atoms with Crippen molar-refractivity contribution in [3.63, 3.8) is 0 Å². The summed E-state index contributed by atoms with van der Waals surface area (Å²) in [6, 6.07) is 0. The highest BCUT2D eigenvalue weighted by Crippen LogP contribution is 2.15. The maximum Gasteiger partial charge on any atom is 0.202 e. The molecule has 0 radical (unpaired) electrons. The van der Waals surface area contributed by atoms with Crippen molar-refractivity contribution in [2.24, 2.45) is 5.92 Å². The minimum Gasteiger partial charge on any atom is -0.381 e. The first kappa shape index (κ1) is 10.5. The van der Waals surface area contributed by atoms with Crippen LogP contribution in [0.5, 0.6) is 0 Å². The highest BCUT2D eigenvalue weighted by atomic mass is 16.5. The van der Waals surface area contributed by atoms with Gasteiger partial charge in [0.15, 0.2) is 0 Å². The zero-order valence-electron chi connectivity index (χ0n) is 9.28. The zero-order chi connectivity index (χ0) is 10.5. The Morgan fingerprint density at radius 1 is 1.53 bits per heavy atom. The van der Waals surface area contributed by atoms with Gasteiger partial charge in [0.05, 0.1) is 0 Å². The van der Waals surface area contributed by atoms with Gasteiger partial charge in [0.1, 0.15) is 0 Å². The number of imidazole rings is 1. The highest BCUT2D eigenvalue weighted by molar-refractivity contribution is 5.25. The van der Waals surface area contributed by atoms with Crippen LogP contribution in [-0.2, 0) is 11.3 Å². The minimum absolute atomic E-state index is 0.737. The van der Waals surface area contributed by atoms with Crippen LogP contribution >= 0.6 is 0 Å². The van der Waals surface area contributed by atoms with E-state index in [9.17, 15) is 0 Å². The van der Waals surface area contributed by atoms with Gasteiger partial charge in [-0.3, -0.25) is 0 Å². The first-order valence-corrected chi connectivity index (χ1v) is 5.73. The average molecular weight is 209 g/mol. The molecule has 2 heterocycles. The SMILES string of the molecule is CCn1ccnc1NCC1CCOCC1. The number of hydrogen-bond acceptors (Lipinski definition) is 3. The number of ether oxygens (including phenoxy) is 1. The second kappa shape index (κ2) is 5.16. The molecule has 1 aliphatic heterocycles. The van der Waals surface area contributed by atoms with E-state index in [-0.39, 0.29) is 0 Å². The lowest BCUT2D eigenvalue weighted by Gasteiger charge is -2.22. The molecule has 2 rings (SSSR count). The van der Waals surface area contributed by atoms with Gasteiger partial charge in [-0.25, -0.2) is 4.98 Å². The number of aryl methyl sites for hydroxylation is 1. The predicted octanol–water partition coefficient (Wildman–Crippen LogP) is 1.74. The summed E-state index contributed by atoms with van der Waals surface area (Å²) >= 11 is 0. The molecular weight excluding hydrogens is 190 g/mol. The number of nitrogens with zero attached hydrogens (tertiary/aromatic N) is 2. The lowest BCUT2D eigenvalue weighted by Crippen LogP contribution is -2.23. The highest BCUT2D eigenvalue weighted by Gasteiger charge is 2.13. The summed E-state index contributed by atoms with van der Waals surface area (Å²) in [7, 11) is 0. The summed E-state index contributed by atoms with van der Waals surface area (Å²) in [4.78, 5) is 4.29. The molecule has 0 amide bonds. The Kier molecular flexibility index (Phi) is 3.61. The van der Waals surface area contributed by atoms with Gasteiger partial charge >= 0.3 is 0 Å². The first-order chi connectivity index (χ1) is 7.40. The smallest absolute Gasteiger partial charge is 0.202 e. The molecule has 0 spiro atoms. The van der Waals surface area contributed by atoms with Crippen LogP contribution in [-0.4, -0.2) is 29.3 Å². The Bertz CT molecular complexity index is 292. The zero-order valence-corrected chi connectivity index (χ0v) is 9.28. The summed E-state index contributed by atoms with van der Waals surface area (Å²) in [5.41, 5.74) is 0. The summed E-state index contributed by atoms with van der Waals surface area (Å²) in [6.07, 6.45) is 6.18. The molecule has 0 atom stereocenters. The van der Waals surface area contributed by atoms with Gasteiger partial charge in [-0.05, 0) is 25.7 Å². The normalized spacial score (nSPS) is 17.9. The molecule has 4 heteroatoms. The van der Waals surface area contributed by atoms with E-state index in [2.05, 4.69) is 21.8 Å². The van der Waals surface area contributed by atoms with Crippen molar-refractivity contribution in [3.8, 4) is 0 Å². The molecule has 0 unspecified atom stereocenters. The largest absolute Gasteiger partial charge is 0.381 e. The Morgan fingerprint density at radius 3 is 3.07 bits per heavy atom. The van der Waals surface area contributed by atoms with Crippen molar-refractivity contribution >= 4 is 5.95 Å². The molecule has 1 aliphatic rings. The average Bonchev–Trinajstić information content (AvgIpc) is 2.75. The van der Waals surface area contributed by atoms with E-state index in [0.29, 0.717) is 0 Å². The van der Waals surface area contributed by atoms with E-state index in [4.69, 9.17) is 4.74 Å². The van der Waals surface area contributed by atoms with E-state index in [1.165, 1.54) is 12.8 Å². The topological polar surface area (TPSA) is 39.1 Å². The van der Waals surface area contributed by atoms with Gasteiger partial charge in [0.25, 0.3) is 0 Å². The van der Waals surface area contributed by atoms with E-state index < -0.39 is 0 Å². The maximum absolute atomic E-state index is 5.33. The van der Waals surface area contributed by atoms with Gasteiger partial charge in [0.2, 0.25) is 5.95 Å². The van der Waals surface area contributed by atoms with Crippen LogP contribution in [0.3, 0.4) is 0 Å². The van der Waals surface area contributed by atoms with Crippen molar-refractivity contribution in [1.82, 2.24) is 9.55 Å². The van der Waals surface area contributed by atoms with Gasteiger partial charge in [-0.1, -0.05) is 0 Å². The number of rotatable bonds is 4. The van der Waals surface area contributed by atoms with Crippen LogP contribution in [0.25, 0.3) is 0 Å². The Labute approximate surface area is 90.6 Å². The number of anilines is 1. The second-order valence-electron chi connectivity index (χ2n) is 3.97. The number of aromatic nitrogens is 2. The van der Waals surface area contributed by atoms with Crippen molar-refractivity contribution in [2.45, 2.75) is 26.3 Å². The van der Waals surface area contributed by atoms with E-state index in [1.807, 2.05) is 12.4 Å². The molecule has 0 saturated carbocycles. The molecule has 0 bridgehead atoms. The molecule has 1 fully saturated rings. The fourth-order valence-corrected chi connectivity index (χ4v) is 1.92. The number of hydrogen-bond donors (Lipinski definition) is 1. The lowest BCUT2D eigenvalue weighted by atomic mass is 10.0. The predicted molar refractivity (Wildman–Crippen MR) is 59.9 cm³/mol. The fourth-order valence-electron chi connectivity index (χ4n) is 1.92. The van der Waals surface area contributed by atoms with Crippen molar-refractivity contribution in [1.29, 1.82) is 0 Å². The van der Waals surface area contributed by atoms with Crippen LogP contribution in [0.2, 0.25) is 0 Å². The molecule has 1 N–H and O–H groups in total. The van der Waals surface area contributed by atoms with Gasteiger partial charge < -0.3 is 14.6 Å². The van der Waals surface area contributed by atoms with E-state index in [0.717, 1.165) is 38.2 Å². The maximum atomic E-state index is 5.33. The Morgan fingerprint density at radius 2 is 2.33 bits per heavy atom. The Balaban J connectivity index is 1.81. The molecular formula is C11H19N3O. The third-order valence-electron chi connectivity index (χ3n) is 2.95. The summed E-state index contributed by atoms with van der Waals surface area (Å²) < 4.78 is 7.46. The molecule has 15 heavy (non-hydrogen) atoms. The quantitative estimate of drug-likeness (QED) is 0.821. The first-order valence-electron chi connectivity index (χ1n) is 5.73. The van der Waals surface area contributed by atoms with Crippen LogP contribution in [0.4, 0.5) is 5.95 Å². The molecule has 84 valence electrons. The minimum atomic E-state index is 0.737. The van der Waals surface area contributed by atoms with Gasteiger partial charge in [-0.2, -0.15) is 0 Å². The molecule has 0 aliphatic carbocycles. The fraction of sp³-hybridized carbons (Fsp3) is 0.727. The molecule has 0 aromatic carbocycles.